The maximum atomic E-state index is 15.3. The Bertz CT molecular complexity index is 1730. The minimum absolute atomic E-state index is 0.0714. The molecule has 184 valence electrons. The van der Waals surface area contributed by atoms with Crippen LogP contribution >= 0.6 is 11.6 Å². The van der Waals surface area contributed by atoms with Gasteiger partial charge in [0.15, 0.2) is 5.82 Å². The molecule has 0 spiro atoms. The number of aliphatic imine (C=N–C) groups is 1. The van der Waals surface area contributed by atoms with Gasteiger partial charge in [0.05, 0.1) is 16.8 Å². The Balaban J connectivity index is 1.27. The third-order valence-electron chi connectivity index (χ3n) is 7.27. The second-order valence-electron chi connectivity index (χ2n) is 9.36. The summed E-state index contributed by atoms with van der Waals surface area (Å²) in [6.45, 7) is 0. The van der Waals surface area contributed by atoms with Crippen LogP contribution < -0.4 is 11.3 Å². The molecule has 0 amide bonds. The SMILES string of the molecule is Nc1ccc(C2=CN=C([C@@H]3[C@H]4C[C@H]4c4cc(-c5c(-n6cnnn6)ccc(Cl)c5F)cc(=O)n43)C2)c(F)n1. The van der Waals surface area contributed by atoms with Crippen molar-refractivity contribution in [1.29, 1.82) is 0 Å². The summed E-state index contributed by atoms with van der Waals surface area (Å²) in [5, 5.41) is 11.1. The van der Waals surface area contributed by atoms with Crippen molar-refractivity contribution in [3.8, 4) is 16.8 Å². The maximum absolute atomic E-state index is 15.3. The van der Waals surface area contributed by atoms with Crippen molar-refractivity contribution in [2.24, 2.45) is 10.9 Å². The van der Waals surface area contributed by atoms with Crippen LogP contribution in [-0.2, 0) is 0 Å². The van der Waals surface area contributed by atoms with E-state index in [-0.39, 0.29) is 39.8 Å². The van der Waals surface area contributed by atoms with Crippen LogP contribution in [0.25, 0.3) is 22.4 Å². The van der Waals surface area contributed by atoms with Gasteiger partial charge in [0, 0.05) is 47.1 Å². The number of hydrogen-bond acceptors (Lipinski definition) is 7. The number of rotatable bonds is 4. The molecule has 3 atom stereocenters. The fourth-order valence-corrected chi connectivity index (χ4v) is 5.74. The molecule has 12 heteroatoms. The van der Waals surface area contributed by atoms with Crippen LogP contribution in [0.4, 0.5) is 14.6 Å². The lowest BCUT2D eigenvalue weighted by molar-refractivity contribution is 0.579. The average molecular weight is 519 g/mol. The van der Waals surface area contributed by atoms with Gasteiger partial charge >= 0.3 is 0 Å². The predicted molar refractivity (Wildman–Crippen MR) is 132 cm³/mol. The molecule has 0 radical (unpaired) electrons. The highest BCUT2D eigenvalue weighted by Gasteiger charge is 2.54. The van der Waals surface area contributed by atoms with E-state index in [4.69, 9.17) is 17.3 Å². The van der Waals surface area contributed by atoms with Gasteiger partial charge < -0.3 is 10.3 Å². The number of fused-ring (bicyclic) bond motifs is 3. The summed E-state index contributed by atoms with van der Waals surface area (Å²) in [5.41, 5.74) is 8.84. The molecular formula is C25H17ClF2N8O. The van der Waals surface area contributed by atoms with Crippen molar-refractivity contribution in [1.82, 2.24) is 29.8 Å². The Hall–Kier alpha value is -4.25. The van der Waals surface area contributed by atoms with Crippen molar-refractivity contribution >= 4 is 28.7 Å². The molecule has 3 aromatic heterocycles. The zero-order valence-electron chi connectivity index (χ0n) is 19.0. The summed E-state index contributed by atoms with van der Waals surface area (Å²) in [6.07, 6.45) is 4.26. The number of nitrogens with zero attached hydrogens (tertiary/aromatic N) is 7. The maximum Gasteiger partial charge on any atom is 0.251 e. The minimum Gasteiger partial charge on any atom is -0.384 e. The number of allylic oxidation sites excluding steroid dienone is 1. The molecule has 4 aromatic rings. The van der Waals surface area contributed by atoms with Gasteiger partial charge in [0.1, 0.15) is 12.1 Å². The van der Waals surface area contributed by atoms with Crippen LogP contribution in [0, 0.1) is 17.7 Å². The van der Waals surface area contributed by atoms with Gasteiger partial charge in [-0.1, -0.05) is 11.6 Å². The lowest BCUT2D eigenvalue weighted by Crippen LogP contribution is -2.29. The van der Waals surface area contributed by atoms with Crippen LogP contribution in [0.1, 0.15) is 36.1 Å². The molecule has 5 heterocycles. The number of pyridine rings is 2. The largest absolute Gasteiger partial charge is 0.384 e. The van der Waals surface area contributed by atoms with Gasteiger partial charge in [-0.25, -0.2) is 9.37 Å². The van der Waals surface area contributed by atoms with Crippen molar-refractivity contribution in [3.05, 3.63) is 87.3 Å². The van der Waals surface area contributed by atoms with E-state index in [1.807, 2.05) is 6.07 Å². The second kappa shape index (κ2) is 7.87. The molecular weight excluding hydrogens is 502 g/mol. The highest BCUT2D eigenvalue weighted by atomic mass is 35.5. The van der Waals surface area contributed by atoms with E-state index in [0.717, 1.165) is 17.8 Å². The van der Waals surface area contributed by atoms with E-state index in [9.17, 15) is 9.18 Å². The summed E-state index contributed by atoms with van der Waals surface area (Å²) in [6, 6.07) is 9.15. The number of tetrazole rings is 1. The molecule has 1 fully saturated rings. The van der Waals surface area contributed by atoms with Gasteiger partial charge in [-0.05, 0) is 64.2 Å². The van der Waals surface area contributed by atoms with E-state index >= 15 is 4.39 Å². The van der Waals surface area contributed by atoms with E-state index in [1.165, 1.54) is 23.1 Å². The highest BCUT2D eigenvalue weighted by Crippen LogP contribution is 2.60. The molecule has 7 rings (SSSR count). The summed E-state index contributed by atoms with van der Waals surface area (Å²) in [5.74, 6) is -0.852. The first-order valence-electron chi connectivity index (χ1n) is 11.6. The van der Waals surface area contributed by atoms with Crippen molar-refractivity contribution in [3.63, 3.8) is 0 Å². The first kappa shape index (κ1) is 22.0. The lowest BCUT2D eigenvalue weighted by Gasteiger charge is -2.20. The first-order valence-corrected chi connectivity index (χ1v) is 11.9. The van der Waals surface area contributed by atoms with Crippen LogP contribution in [0.5, 0.6) is 0 Å². The molecule has 1 aromatic carbocycles. The number of nitrogen functional groups attached to an aromatic ring is 1. The number of aromatic nitrogens is 6. The number of anilines is 1. The predicted octanol–water partition coefficient (Wildman–Crippen LogP) is 3.94. The Morgan fingerprint density at radius 2 is 2.00 bits per heavy atom. The third kappa shape index (κ3) is 3.34. The van der Waals surface area contributed by atoms with Crippen LogP contribution in [-0.4, -0.2) is 35.5 Å². The fraction of sp³-hybridized carbons (Fsp3) is 0.200. The highest BCUT2D eigenvalue weighted by molar-refractivity contribution is 6.31. The smallest absolute Gasteiger partial charge is 0.251 e. The molecule has 2 N–H and O–H groups in total. The van der Waals surface area contributed by atoms with E-state index in [2.05, 4.69) is 25.5 Å². The summed E-state index contributed by atoms with van der Waals surface area (Å²) >= 11 is 6.11. The Morgan fingerprint density at radius 3 is 2.78 bits per heavy atom. The number of benzene rings is 1. The fourth-order valence-electron chi connectivity index (χ4n) is 5.58. The number of nitrogens with two attached hydrogens (primary N) is 1. The van der Waals surface area contributed by atoms with Gasteiger partial charge in [-0.15, -0.1) is 5.10 Å². The normalized spacial score (nSPS) is 21.4. The topological polar surface area (TPSA) is 117 Å². The van der Waals surface area contributed by atoms with E-state index in [0.29, 0.717) is 28.8 Å². The average Bonchev–Trinajstić information content (AvgIpc) is 3.21. The molecule has 0 unspecified atom stereocenters. The molecule has 37 heavy (non-hydrogen) atoms. The molecule has 0 bridgehead atoms. The molecule has 1 aliphatic carbocycles. The molecule has 2 aliphatic heterocycles. The van der Waals surface area contributed by atoms with Crippen LogP contribution in [0.15, 0.2) is 58.7 Å². The zero-order valence-corrected chi connectivity index (χ0v) is 19.8. The van der Waals surface area contributed by atoms with Gasteiger partial charge in [-0.3, -0.25) is 9.79 Å². The Kier molecular flexibility index (Phi) is 4.68. The quantitative estimate of drug-likeness (QED) is 0.409. The van der Waals surface area contributed by atoms with E-state index in [1.54, 1.807) is 29.0 Å². The molecule has 0 saturated heterocycles. The van der Waals surface area contributed by atoms with Gasteiger partial charge in [0.2, 0.25) is 5.95 Å². The van der Waals surface area contributed by atoms with Crippen molar-refractivity contribution in [2.45, 2.75) is 24.8 Å². The molecule has 1 saturated carbocycles. The number of hydrogen-bond donors (Lipinski definition) is 1. The monoisotopic (exact) mass is 518 g/mol. The second-order valence-corrected chi connectivity index (χ2v) is 9.77. The summed E-state index contributed by atoms with van der Waals surface area (Å²) < 4.78 is 32.8. The zero-order chi connectivity index (χ0) is 25.4. The van der Waals surface area contributed by atoms with Crippen LogP contribution in [0.3, 0.4) is 0 Å². The minimum atomic E-state index is -0.658. The Morgan fingerprint density at radius 1 is 1.14 bits per heavy atom. The molecule has 9 nitrogen and oxygen atoms in total. The summed E-state index contributed by atoms with van der Waals surface area (Å²) in [4.78, 5) is 21.8. The first-order chi connectivity index (χ1) is 17.9. The van der Waals surface area contributed by atoms with Crippen molar-refractivity contribution < 1.29 is 8.78 Å². The lowest BCUT2D eigenvalue weighted by atomic mass is 9.98. The van der Waals surface area contributed by atoms with Gasteiger partial charge in [-0.2, -0.15) is 9.07 Å². The Labute approximate surface area is 212 Å². The summed E-state index contributed by atoms with van der Waals surface area (Å²) in [7, 11) is 0. The number of halogens is 3. The standard InChI is InChI=1S/C25H17ClF2N8O/c26-16-2-3-18(35-10-31-33-34-35)22(23(16)27)11-6-19-14-8-15(14)24(36(19)21(37)7-11)17-5-12(9-30-17)13-1-4-20(29)32-25(13)28/h1-4,6-7,9-10,14-15,24H,5,8H2,(H2,29,32)/t14-,15+,24+/m1/s1. The van der Waals surface area contributed by atoms with Crippen molar-refractivity contribution in [2.75, 3.05) is 5.73 Å². The molecule has 3 aliphatic rings. The third-order valence-corrected chi connectivity index (χ3v) is 7.57. The van der Waals surface area contributed by atoms with Gasteiger partial charge in [0.25, 0.3) is 5.56 Å². The van der Waals surface area contributed by atoms with E-state index < -0.39 is 11.8 Å². The van der Waals surface area contributed by atoms with Crippen LogP contribution in [0.2, 0.25) is 5.02 Å².